The molecule has 0 saturated carbocycles. The Morgan fingerprint density at radius 3 is 1.22 bits per heavy atom. The van der Waals surface area contributed by atoms with Gasteiger partial charge in [0.2, 0.25) is 0 Å². The van der Waals surface area contributed by atoms with Crippen LogP contribution in [0.25, 0.3) is 0 Å². The van der Waals surface area contributed by atoms with Crippen molar-refractivity contribution in [3.8, 4) is 0 Å². The summed E-state index contributed by atoms with van der Waals surface area (Å²) < 4.78 is 0. The minimum atomic E-state index is 0.790. The van der Waals surface area contributed by atoms with Crippen molar-refractivity contribution < 1.29 is 0 Å². The van der Waals surface area contributed by atoms with E-state index < -0.39 is 0 Å². The van der Waals surface area contributed by atoms with Crippen LogP contribution in [0.1, 0.15) is 162 Å². The van der Waals surface area contributed by atoms with Gasteiger partial charge >= 0.3 is 0 Å². The number of rotatable bonds is 28. The average Bonchev–Trinajstić information content (AvgIpc) is 2.89. The predicted molar refractivity (Wildman–Crippen MR) is 172 cm³/mol. The summed E-state index contributed by atoms with van der Waals surface area (Å²) in [6, 6.07) is 0.790. The molecule has 1 nitrogen and oxygen atoms in total. The van der Waals surface area contributed by atoms with Gasteiger partial charge in [0.1, 0.15) is 0 Å². The maximum atomic E-state index is 2.48. The van der Waals surface area contributed by atoms with Crippen molar-refractivity contribution in [2.45, 2.75) is 168 Å². The lowest BCUT2D eigenvalue weighted by molar-refractivity contribution is 0.251. The van der Waals surface area contributed by atoms with Gasteiger partial charge in [0, 0.05) is 6.04 Å². The first-order valence-electron chi connectivity index (χ1n) is 16.5. The summed E-state index contributed by atoms with van der Waals surface area (Å²) in [6.45, 7) is 4.47. The van der Waals surface area contributed by atoms with Crippen molar-refractivity contribution in [3.63, 3.8) is 0 Å². The van der Waals surface area contributed by atoms with Crippen LogP contribution in [0, 0.1) is 0 Å². The Morgan fingerprint density at radius 1 is 0.432 bits per heavy atom. The smallest absolute Gasteiger partial charge is 0.00891 e. The number of unbranched alkanes of at least 4 members (excludes halogenated alkanes) is 15. The number of hydrogen-bond donors (Lipinski definition) is 0. The molecule has 216 valence electrons. The standard InChI is InChI=1S/C36H67N/c1-5-7-9-11-13-15-17-19-20-21-23-25-27-29-31-33-35-36(37(3)4)34-32-30-28-26-24-22-18-16-14-12-10-8-6-2/h8,10,13-16,19-20,36H,5-7,9,11-12,17-18,21-35H2,1-4H3/b10-8-,15-13-,16-14-,20-19-. The molecule has 0 radical (unpaired) electrons. The molecule has 0 bridgehead atoms. The van der Waals surface area contributed by atoms with Crippen molar-refractivity contribution in [2.24, 2.45) is 0 Å². The summed E-state index contributed by atoms with van der Waals surface area (Å²) in [5.74, 6) is 0. The van der Waals surface area contributed by atoms with Gasteiger partial charge in [0.05, 0.1) is 0 Å². The molecule has 1 atom stereocenters. The minimum Gasteiger partial charge on any atom is -0.306 e. The highest BCUT2D eigenvalue weighted by molar-refractivity contribution is 4.93. The molecule has 0 fully saturated rings. The fourth-order valence-electron chi connectivity index (χ4n) is 4.93. The first kappa shape index (κ1) is 35.9. The highest BCUT2D eigenvalue weighted by Crippen LogP contribution is 2.17. The van der Waals surface area contributed by atoms with Crippen molar-refractivity contribution in [2.75, 3.05) is 14.1 Å². The Balaban J connectivity index is 3.53. The zero-order valence-corrected chi connectivity index (χ0v) is 25.9. The molecule has 0 N–H and O–H groups in total. The van der Waals surface area contributed by atoms with Crippen LogP contribution in [-0.2, 0) is 0 Å². The maximum absolute atomic E-state index is 2.48. The third-order valence-corrected chi connectivity index (χ3v) is 7.47. The van der Waals surface area contributed by atoms with Crippen molar-refractivity contribution in [1.82, 2.24) is 4.90 Å². The van der Waals surface area contributed by atoms with Gasteiger partial charge in [-0.1, -0.05) is 140 Å². The molecule has 37 heavy (non-hydrogen) atoms. The Kier molecular flexibility index (Phi) is 30.2. The molecule has 0 aliphatic heterocycles. The zero-order valence-electron chi connectivity index (χ0n) is 25.9. The molecule has 1 unspecified atom stereocenters. The highest BCUT2D eigenvalue weighted by atomic mass is 15.1. The van der Waals surface area contributed by atoms with E-state index in [-0.39, 0.29) is 0 Å². The van der Waals surface area contributed by atoms with E-state index in [1.165, 1.54) is 128 Å². The Morgan fingerprint density at radius 2 is 0.811 bits per heavy atom. The SMILES string of the molecule is CC/C=C\C/C=C\CCCCCCCCC(CCCCCCCC/C=C\C/C=C\CCCCC)N(C)C. The van der Waals surface area contributed by atoms with Gasteiger partial charge in [-0.25, -0.2) is 0 Å². The Bertz CT molecular complexity index is 539. The van der Waals surface area contributed by atoms with E-state index in [0.29, 0.717) is 0 Å². The predicted octanol–water partition coefficient (Wildman–Crippen LogP) is 12.2. The van der Waals surface area contributed by atoms with Crippen LogP contribution < -0.4 is 0 Å². The second-order valence-electron chi connectivity index (χ2n) is 11.3. The van der Waals surface area contributed by atoms with Crippen LogP contribution in [-0.4, -0.2) is 25.0 Å². The first-order chi connectivity index (χ1) is 18.2. The lowest BCUT2D eigenvalue weighted by Gasteiger charge is -2.24. The minimum absolute atomic E-state index is 0.790. The van der Waals surface area contributed by atoms with E-state index >= 15 is 0 Å². The van der Waals surface area contributed by atoms with E-state index in [2.05, 4.69) is 81.5 Å². The molecule has 0 aliphatic carbocycles. The molecule has 0 spiro atoms. The number of allylic oxidation sites excluding steroid dienone is 8. The molecule has 0 aromatic rings. The summed E-state index contributed by atoms with van der Waals surface area (Å²) in [7, 11) is 4.57. The van der Waals surface area contributed by atoms with Gasteiger partial charge in [0.25, 0.3) is 0 Å². The molecule has 0 rings (SSSR count). The molecule has 1 heteroatoms. The molecule has 0 aliphatic rings. The van der Waals surface area contributed by atoms with Crippen molar-refractivity contribution in [3.05, 3.63) is 48.6 Å². The largest absolute Gasteiger partial charge is 0.306 e. The average molecular weight is 514 g/mol. The van der Waals surface area contributed by atoms with E-state index in [1.807, 2.05) is 0 Å². The lowest BCUT2D eigenvalue weighted by atomic mass is 9.99. The van der Waals surface area contributed by atoms with Crippen LogP contribution in [0.15, 0.2) is 48.6 Å². The van der Waals surface area contributed by atoms with Gasteiger partial charge in [-0.05, 0) is 84.7 Å². The normalized spacial score (nSPS) is 13.4. The monoisotopic (exact) mass is 514 g/mol. The second kappa shape index (κ2) is 31.1. The molecule has 0 amide bonds. The third-order valence-electron chi connectivity index (χ3n) is 7.47. The number of nitrogens with zero attached hydrogens (tertiary/aromatic N) is 1. The van der Waals surface area contributed by atoms with Gasteiger partial charge < -0.3 is 4.90 Å². The molecule has 0 saturated heterocycles. The van der Waals surface area contributed by atoms with Crippen LogP contribution in [0.5, 0.6) is 0 Å². The van der Waals surface area contributed by atoms with Crippen molar-refractivity contribution in [1.29, 1.82) is 0 Å². The topological polar surface area (TPSA) is 3.24 Å². The maximum Gasteiger partial charge on any atom is 0.00891 e. The van der Waals surface area contributed by atoms with Gasteiger partial charge in [-0.3, -0.25) is 0 Å². The fraction of sp³-hybridized carbons (Fsp3) is 0.778. The fourth-order valence-corrected chi connectivity index (χ4v) is 4.93. The summed E-state index contributed by atoms with van der Waals surface area (Å²) in [5, 5.41) is 0. The van der Waals surface area contributed by atoms with Crippen molar-refractivity contribution >= 4 is 0 Å². The Hall–Kier alpha value is -1.08. The summed E-state index contributed by atoms with van der Waals surface area (Å²) in [5.41, 5.74) is 0. The first-order valence-corrected chi connectivity index (χ1v) is 16.5. The van der Waals surface area contributed by atoms with Crippen LogP contribution in [0.2, 0.25) is 0 Å². The summed E-state index contributed by atoms with van der Waals surface area (Å²) >= 11 is 0. The van der Waals surface area contributed by atoms with Crippen LogP contribution >= 0.6 is 0 Å². The summed E-state index contributed by atoms with van der Waals surface area (Å²) in [4.78, 5) is 2.48. The molecular formula is C36H67N. The van der Waals surface area contributed by atoms with E-state index in [9.17, 15) is 0 Å². The van der Waals surface area contributed by atoms with E-state index in [4.69, 9.17) is 0 Å². The quantitative estimate of drug-likeness (QED) is 0.0742. The van der Waals surface area contributed by atoms with Gasteiger partial charge in [0.15, 0.2) is 0 Å². The highest BCUT2D eigenvalue weighted by Gasteiger charge is 2.10. The van der Waals surface area contributed by atoms with E-state index in [1.54, 1.807) is 0 Å². The third kappa shape index (κ3) is 29.3. The summed E-state index contributed by atoms with van der Waals surface area (Å²) in [6.07, 6.45) is 49.5. The Labute approximate surface area is 235 Å². The van der Waals surface area contributed by atoms with Crippen LogP contribution in [0.4, 0.5) is 0 Å². The van der Waals surface area contributed by atoms with Gasteiger partial charge in [-0.2, -0.15) is 0 Å². The lowest BCUT2D eigenvalue weighted by Crippen LogP contribution is -2.27. The van der Waals surface area contributed by atoms with E-state index in [0.717, 1.165) is 25.3 Å². The molecule has 0 aromatic carbocycles. The second-order valence-corrected chi connectivity index (χ2v) is 11.3. The van der Waals surface area contributed by atoms with Crippen LogP contribution in [0.3, 0.4) is 0 Å². The molecule has 0 heterocycles. The molecule has 0 aromatic heterocycles. The zero-order chi connectivity index (χ0) is 27.1. The number of hydrogen-bond acceptors (Lipinski definition) is 1. The van der Waals surface area contributed by atoms with Gasteiger partial charge in [-0.15, -0.1) is 0 Å². The molecular weight excluding hydrogens is 446 g/mol.